The number of carbonyl (C=O) groups excluding carboxylic acids is 2. The van der Waals surface area contributed by atoms with Gasteiger partial charge in [-0.25, -0.2) is 4.98 Å². The molecule has 0 radical (unpaired) electrons. The quantitative estimate of drug-likeness (QED) is 0.613. The molecule has 0 spiro atoms. The third kappa shape index (κ3) is 5.00. The number of aromatic nitrogens is 1. The molecule has 1 N–H and O–H groups in total. The average molecular weight is 441 g/mol. The summed E-state index contributed by atoms with van der Waals surface area (Å²) in [7, 11) is 2.08. The minimum absolute atomic E-state index is 0.130. The lowest BCUT2D eigenvalue weighted by molar-refractivity contribution is -0.129. The third-order valence-corrected chi connectivity index (χ3v) is 7.23. The summed E-state index contributed by atoms with van der Waals surface area (Å²) in [6.07, 6.45) is 0. The molecule has 1 aliphatic rings. The molecule has 3 aromatic rings. The molecule has 0 aliphatic carbocycles. The highest BCUT2D eigenvalue weighted by Gasteiger charge is 2.19. The average Bonchev–Trinajstić information content (AvgIpc) is 3.14. The predicted molar refractivity (Wildman–Crippen MR) is 124 cm³/mol. The van der Waals surface area contributed by atoms with Gasteiger partial charge in [0.2, 0.25) is 5.91 Å². The van der Waals surface area contributed by atoms with Crippen LogP contribution in [0.3, 0.4) is 0 Å². The van der Waals surface area contributed by atoms with Gasteiger partial charge in [-0.05, 0) is 44.3 Å². The van der Waals surface area contributed by atoms with Gasteiger partial charge < -0.3 is 15.1 Å². The fraction of sp³-hybridized carbons (Fsp3) is 0.318. The summed E-state index contributed by atoms with van der Waals surface area (Å²) in [4.78, 5) is 33.7. The van der Waals surface area contributed by atoms with Crippen LogP contribution in [0, 0.1) is 6.92 Å². The molecule has 6 nitrogen and oxygen atoms in total. The number of thiazole rings is 1. The van der Waals surface area contributed by atoms with E-state index in [1.54, 1.807) is 17.4 Å². The minimum Gasteiger partial charge on any atom is -0.339 e. The number of fused-ring (bicyclic) bond motifs is 1. The zero-order valence-corrected chi connectivity index (χ0v) is 18.7. The Kier molecular flexibility index (Phi) is 6.36. The Bertz CT molecular complexity index is 1070. The lowest BCUT2D eigenvalue weighted by atomic mass is 10.1. The first-order valence-electron chi connectivity index (χ1n) is 9.86. The van der Waals surface area contributed by atoms with Gasteiger partial charge in [0.25, 0.3) is 5.91 Å². The molecule has 1 aromatic heterocycles. The molecule has 2 aromatic carbocycles. The van der Waals surface area contributed by atoms with E-state index in [0.717, 1.165) is 52.0 Å². The van der Waals surface area contributed by atoms with Crippen molar-refractivity contribution in [3.05, 3.63) is 53.6 Å². The number of nitrogens with zero attached hydrogens (tertiary/aromatic N) is 3. The van der Waals surface area contributed by atoms with Gasteiger partial charge in [-0.3, -0.25) is 9.59 Å². The number of amides is 2. The third-order valence-electron chi connectivity index (χ3n) is 5.08. The number of benzene rings is 2. The fourth-order valence-corrected chi connectivity index (χ4v) is 5.31. The number of hydrogen-bond donors (Lipinski definition) is 1. The summed E-state index contributed by atoms with van der Waals surface area (Å²) in [6, 6.07) is 13.2. The van der Waals surface area contributed by atoms with Crippen molar-refractivity contribution in [2.24, 2.45) is 0 Å². The van der Waals surface area contributed by atoms with Gasteiger partial charge in [0.1, 0.15) is 0 Å². The van der Waals surface area contributed by atoms with Crippen LogP contribution < -0.4 is 5.32 Å². The van der Waals surface area contributed by atoms with Crippen molar-refractivity contribution in [3.63, 3.8) is 0 Å². The standard InChI is InChI=1S/C22H24N4O2S2/c1-15-4-3-5-16(12-15)21(28)23-17-6-7-18-19(13-17)30-22(24-18)29-14-20(27)26-10-8-25(2)9-11-26/h3-7,12-13H,8-11,14H2,1-2H3,(H,23,28). The first-order valence-corrected chi connectivity index (χ1v) is 11.7. The lowest BCUT2D eigenvalue weighted by Gasteiger charge is -2.32. The number of hydrogen-bond acceptors (Lipinski definition) is 6. The molecule has 156 valence electrons. The van der Waals surface area contributed by atoms with Crippen molar-refractivity contribution >= 4 is 50.8 Å². The molecular formula is C22H24N4O2S2. The van der Waals surface area contributed by atoms with E-state index < -0.39 is 0 Å². The Morgan fingerprint density at radius 3 is 2.70 bits per heavy atom. The molecule has 1 fully saturated rings. The maximum Gasteiger partial charge on any atom is 0.255 e. The number of likely N-dealkylation sites (N-methyl/N-ethyl adjacent to an activating group) is 1. The molecule has 2 heterocycles. The minimum atomic E-state index is -0.130. The van der Waals surface area contributed by atoms with Crippen LogP contribution in [0.4, 0.5) is 5.69 Å². The van der Waals surface area contributed by atoms with Gasteiger partial charge in [0.05, 0.1) is 16.0 Å². The van der Waals surface area contributed by atoms with Crippen LogP contribution in [0.15, 0.2) is 46.8 Å². The highest BCUT2D eigenvalue weighted by atomic mass is 32.2. The molecular weight excluding hydrogens is 416 g/mol. The molecule has 0 atom stereocenters. The van der Waals surface area contributed by atoms with E-state index in [1.165, 1.54) is 11.8 Å². The maximum atomic E-state index is 12.5. The molecule has 1 saturated heterocycles. The summed E-state index contributed by atoms with van der Waals surface area (Å²) in [5.41, 5.74) is 3.30. The number of anilines is 1. The summed E-state index contributed by atoms with van der Waals surface area (Å²) in [6.45, 7) is 5.40. The summed E-state index contributed by atoms with van der Waals surface area (Å²) in [5.74, 6) is 0.439. The van der Waals surface area contributed by atoms with Crippen molar-refractivity contribution in [2.75, 3.05) is 44.3 Å². The van der Waals surface area contributed by atoms with Crippen LogP contribution in [-0.4, -0.2) is 65.6 Å². The van der Waals surface area contributed by atoms with Crippen molar-refractivity contribution < 1.29 is 9.59 Å². The van der Waals surface area contributed by atoms with Crippen LogP contribution in [-0.2, 0) is 4.79 Å². The smallest absolute Gasteiger partial charge is 0.255 e. The number of aryl methyl sites for hydroxylation is 1. The van der Waals surface area contributed by atoms with Crippen LogP contribution in [0.5, 0.6) is 0 Å². The highest BCUT2D eigenvalue weighted by molar-refractivity contribution is 8.01. The Hall–Kier alpha value is -2.42. The number of rotatable bonds is 5. The van der Waals surface area contributed by atoms with E-state index in [0.29, 0.717) is 11.3 Å². The van der Waals surface area contributed by atoms with E-state index in [1.807, 2.05) is 48.2 Å². The SMILES string of the molecule is Cc1cccc(C(=O)Nc2ccc3nc(SCC(=O)N4CCN(C)CC4)sc3c2)c1. The van der Waals surface area contributed by atoms with Crippen LogP contribution >= 0.6 is 23.1 Å². The fourth-order valence-electron chi connectivity index (χ4n) is 3.30. The number of carbonyl (C=O) groups is 2. The second-order valence-corrected chi connectivity index (χ2v) is 9.71. The molecule has 0 saturated carbocycles. The van der Waals surface area contributed by atoms with Gasteiger partial charge >= 0.3 is 0 Å². The maximum absolute atomic E-state index is 12.5. The van der Waals surface area contributed by atoms with E-state index in [9.17, 15) is 9.59 Å². The van der Waals surface area contributed by atoms with Gasteiger partial charge in [-0.15, -0.1) is 11.3 Å². The first kappa shape index (κ1) is 20.8. The normalized spacial score (nSPS) is 14.8. The van der Waals surface area contributed by atoms with Gasteiger partial charge in [0.15, 0.2) is 4.34 Å². The number of nitrogens with one attached hydrogen (secondary N) is 1. The zero-order valence-electron chi connectivity index (χ0n) is 17.1. The molecule has 0 unspecified atom stereocenters. The molecule has 0 bridgehead atoms. The van der Waals surface area contributed by atoms with Crippen LogP contribution in [0.1, 0.15) is 15.9 Å². The van der Waals surface area contributed by atoms with Crippen molar-refractivity contribution in [1.82, 2.24) is 14.8 Å². The van der Waals surface area contributed by atoms with Gasteiger partial charge in [0, 0.05) is 37.4 Å². The monoisotopic (exact) mass is 440 g/mol. The van der Waals surface area contributed by atoms with Crippen LogP contribution in [0.25, 0.3) is 10.2 Å². The van der Waals surface area contributed by atoms with Crippen LogP contribution in [0.2, 0.25) is 0 Å². The Labute approximate surface area is 184 Å². The van der Waals surface area contributed by atoms with Gasteiger partial charge in [-0.1, -0.05) is 29.5 Å². The summed E-state index contributed by atoms with van der Waals surface area (Å²) < 4.78 is 1.86. The topological polar surface area (TPSA) is 65.5 Å². The molecule has 30 heavy (non-hydrogen) atoms. The molecule has 2 amide bonds. The zero-order chi connectivity index (χ0) is 21.1. The van der Waals surface area contributed by atoms with Crippen molar-refractivity contribution in [2.45, 2.75) is 11.3 Å². The van der Waals surface area contributed by atoms with E-state index in [4.69, 9.17) is 0 Å². The predicted octanol–water partition coefficient (Wildman–Crippen LogP) is 3.72. The molecule has 4 rings (SSSR count). The Morgan fingerprint density at radius 1 is 1.13 bits per heavy atom. The van der Waals surface area contributed by atoms with Gasteiger partial charge in [-0.2, -0.15) is 0 Å². The first-order chi connectivity index (χ1) is 14.5. The number of piperazine rings is 1. The lowest BCUT2D eigenvalue weighted by Crippen LogP contribution is -2.47. The summed E-state index contributed by atoms with van der Waals surface area (Å²) in [5, 5.41) is 2.95. The molecule has 8 heteroatoms. The summed E-state index contributed by atoms with van der Waals surface area (Å²) >= 11 is 3.03. The van der Waals surface area contributed by atoms with E-state index in [2.05, 4.69) is 22.2 Å². The Morgan fingerprint density at radius 2 is 1.93 bits per heavy atom. The Balaban J connectivity index is 1.38. The van der Waals surface area contributed by atoms with Crippen molar-refractivity contribution in [3.8, 4) is 0 Å². The second kappa shape index (κ2) is 9.16. The van der Waals surface area contributed by atoms with Crippen molar-refractivity contribution in [1.29, 1.82) is 0 Å². The largest absolute Gasteiger partial charge is 0.339 e. The second-order valence-electron chi connectivity index (χ2n) is 7.46. The van der Waals surface area contributed by atoms with E-state index in [-0.39, 0.29) is 11.8 Å². The molecule has 1 aliphatic heterocycles. The number of thioether (sulfide) groups is 1. The van der Waals surface area contributed by atoms with E-state index >= 15 is 0 Å². The highest BCUT2D eigenvalue weighted by Crippen LogP contribution is 2.31.